The third-order valence-electron chi connectivity index (χ3n) is 4.78. The fraction of sp³-hybridized carbons (Fsp3) is 0.588. The fourth-order valence-corrected chi connectivity index (χ4v) is 3.22. The molecule has 5 heteroatoms. The van der Waals surface area contributed by atoms with Crippen molar-refractivity contribution in [1.29, 1.82) is 0 Å². The lowest BCUT2D eigenvalue weighted by Crippen LogP contribution is -2.43. The van der Waals surface area contributed by atoms with E-state index >= 15 is 0 Å². The average molecular weight is 302 g/mol. The van der Waals surface area contributed by atoms with Crippen LogP contribution in [-0.2, 0) is 6.54 Å². The van der Waals surface area contributed by atoms with Crippen molar-refractivity contribution in [2.75, 3.05) is 52.0 Å². The zero-order chi connectivity index (χ0) is 15.5. The summed E-state index contributed by atoms with van der Waals surface area (Å²) in [4.78, 5) is 19.1. The van der Waals surface area contributed by atoms with Crippen molar-refractivity contribution in [2.24, 2.45) is 0 Å². The van der Waals surface area contributed by atoms with Crippen LogP contribution in [0.2, 0.25) is 0 Å². The van der Waals surface area contributed by atoms with Crippen LogP contribution in [-0.4, -0.2) is 66.9 Å². The highest BCUT2D eigenvalue weighted by molar-refractivity contribution is 5.95. The topological polar surface area (TPSA) is 52.8 Å². The van der Waals surface area contributed by atoms with Crippen molar-refractivity contribution < 1.29 is 4.79 Å². The molecule has 0 aliphatic carbocycles. The predicted molar refractivity (Wildman–Crippen MR) is 88.8 cm³/mol. The van der Waals surface area contributed by atoms with Crippen molar-refractivity contribution in [3.8, 4) is 0 Å². The molecule has 1 aromatic rings. The summed E-state index contributed by atoms with van der Waals surface area (Å²) in [5, 5.41) is 0. The molecule has 5 nitrogen and oxygen atoms in total. The summed E-state index contributed by atoms with van der Waals surface area (Å²) >= 11 is 0. The number of hydrogen-bond donors (Lipinski definition) is 1. The molecular formula is C17H26N4O. The Morgan fingerprint density at radius 1 is 1.09 bits per heavy atom. The van der Waals surface area contributed by atoms with Gasteiger partial charge >= 0.3 is 0 Å². The Morgan fingerprint density at radius 2 is 1.77 bits per heavy atom. The van der Waals surface area contributed by atoms with Crippen LogP contribution in [0, 0.1) is 0 Å². The molecule has 2 aliphatic heterocycles. The van der Waals surface area contributed by atoms with Gasteiger partial charge in [0.05, 0.1) is 0 Å². The number of anilines is 1. The first-order valence-corrected chi connectivity index (χ1v) is 8.22. The molecule has 0 spiro atoms. The molecule has 22 heavy (non-hydrogen) atoms. The fourth-order valence-electron chi connectivity index (χ4n) is 3.22. The predicted octanol–water partition coefficient (Wildman–Crippen LogP) is 1.25. The third-order valence-corrected chi connectivity index (χ3v) is 4.78. The number of hydrogen-bond acceptors (Lipinski definition) is 4. The van der Waals surface area contributed by atoms with E-state index in [1.165, 1.54) is 0 Å². The number of nitrogens with zero attached hydrogens (tertiary/aromatic N) is 3. The zero-order valence-electron chi connectivity index (χ0n) is 13.4. The van der Waals surface area contributed by atoms with Crippen LogP contribution in [0.1, 0.15) is 28.8 Å². The molecule has 0 saturated carbocycles. The quantitative estimate of drug-likeness (QED) is 0.854. The largest absolute Gasteiger partial charge is 0.398 e. The van der Waals surface area contributed by atoms with Gasteiger partial charge in [0.1, 0.15) is 0 Å². The minimum Gasteiger partial charge on any atom is -0.398 e. The Bertz CT molecular complexity index is 531. The van der Waals surface area contributed by atoms with Gasteiger partial charge in [0.15, 0.2) is 0 Å². The Morgan fingerprint density at radius 3 is 2.41 bits per heavy atom. The van der Waals surface area contributed by atoms with Crippen molar-refractivity contribution in [3.63, 3.8) is 0 Å². The van der Waals surface area contributed by atoms with E-state index in [0.29, 0.717) is 0 Å². The molecule has 120 valence electrons. The zero-order valence-corrected chi connectivity index (χ0v) is 13.4. The Hall–Kier alpha value is -1.59. The minimum atomic E-state index is 0.121. The third kappa shape index (κ3) is 3.42. The molecular weight excluding hydrogens is 276 g/mol. The summed E-state index contributed by atoms with van der Waals surface area (Å²) in [6.45, 7) is 6.98. The van der Waals surface area contributed by atoms with Crippen molar-refractivity contribution >= 4 is 11.6 Å². The van der Waals surface area contributed by atoms with Crippen LogP contribution >= 0.6 is 0 Å². The number of rotatable bonds is 3. The summed E-state index contributed by atoms with van der Waals surface area (Å²) in [6, 6.07) is 5.81. The van der Waals surface area contributed by atoms with E-state index in [2.05, 4.69) is 16.8 Å². The highest BCUT2D eigenvalue weighted by Crippen LogP contribution is 2.20. The number of carbonyl (C=O) groups is 1. The van der Waals surface area contributed by atoms with E-state index in [0.717, 1.165) is 75.5 Å². The SMILES string of the molecule is CN1CCN(Cc2ccc(C(=O)N3CCCC3)cc2N)CC1. The van der Waals surface area contributed by atoms with E-state index in [-0.39, 0.29) is 5.91 Å². The van der Waals surface area contributed by atoms with Crippen molar-refractivity contribution in [1.82, 2.24) is 14.7 Å². The van der Waals surface area contributed by atoms with Crippen LogP contribution in [0.4, 0.5) is 5.69 Å². The number of carbonyl (C=O) groups excluding carboxylic acids is 1. The maximum Gasteiger partial charge on any atom is 0.253 e. The molecule has 2 fully saturated rings. The van der Waals surface area contributed by atoms with Gasteiger partial charge in [0, 0.05) is 57.1 Å². The van der Waals surface area contributed by atoms with Gasteiger partial charge in [-0.05, 0) is 37.6 Å². The van der Waals surface area contributed by atoms with Crippen molar-refractivity contribution in [3.05, 3.63) is 29.3 Å². The Kier molecular flexibility index (Phi) is 4.64. The molecule has 2 heterocycles. The number of nitrogens with two attached hydrogens (primary N) is 1. The highest BCUT2D eigenvalue weighted by Gasteiger charge is 2.20. The summed E-state index contributed by atoms with van der Waals surface area (Å²) < 4.78 is 0. The lowest BCUT2D eigenvalue weighted by atomic mass is 10.1. The van der Waals surface area contributed by atoms with Crippen LogP contribution in [0.3, 0.4) is 0 Å². The smallest absolute Gasteiger partial charge is 0.253 e. The second-order valence-electron chi connectivity index (χ2n) is 6.49. The minimum absolute atomic E-state index is 0.121. The second-order valence-corrected chi connectivity index (χ2v) is 6.49. The standard InChI is InChI=1S/C17H26N4O/c1-19-8-10-20(11-9-19)13-15-5-4-14(12-16(15)18)17(22)21-6-2-3-7-21/h4-5,12H,2-3,6-11,13,18H2,1H3. The highest BCUT2D eigenvalue weighted by atomic mass is 16.2. The summed E-state index contributed by atoms with van der Waals surface area (Å²) in [5.74, 6) is 0.121. The van der Waals surface area contributed by atoms with Gasteiger partial charge in [-0.15, -0.1) is 0 Å². The first-order chi connectivity index (χ1) is 10.6. The van der Waals surface area contributed by atoms with Crippen molar-refractivity contribution in [2.45, 2.75) is 19.4 Å². The van der Waals surface area contributed by atoms with E-state index in [4.69, 9.17) is 5.73 Å². The second kappa shape index (κ2) is 6.67. The number of benzene rings is 1. The lowest BCUT2D eigenvalue weighted by molar-refractivity contribution is 0.0793. The molecule has 2 N–H and O–H groups in total. The molecule has 1 aromatic carbocycles. The first-order valence-electron chi connectivity index (χ1n) is 8.22. The van der Waals surface area contributed by atoms with Gasteiger partial charge in [0.25, 0.3) is 5.91 Å². The molecule has 0 aromatic heterocycles. The number of amides is 1. The number of piperazine rings is 1. The first kappa shape index (κ1) is 15.3. The van der Waals surface area contributed by atoms with Crippen LogP contribution < -0.4 is 5.73 Å². The van der Waals surface area contributed by atoms with Crippen LogP contribution in [0.5, 0.6) is 0 Å². The van der Waals surface area contributed by atoms with Crippen LogP contribution in [0.15, 0.2) is 18.2 Å². The van der Waals surface area contributed by atoms with Gasteiger partial charge in [0.2, 0.25) is 0 Å². The monoisotopic (exact) mass is 302 g/mol. The van der Waals surface area contributed by atoms with Gasteiger partial charge in [-0.1, -0.05) is 6.07 Å². The van der Waals surface area contributed by atoms with E-state index in [1.807, 2.05) is 23.1 Å². The summed E-state index contributed by atoms with van der Waals surface area (Å²) in [5.41, 5.74) is 8.79. The van der Waals surface area contributed by atoms with E-state index in [1.54, 1.807) is 0 Å². The molecule has 0 bridgehead atoms. The molecule has 3 rings (SSSR count). The Labute approximate surface area is 132 Å². The van der Waals surface area contributed by atoms with E-state index < -0.39 is 0 Å². The van der Waals surface area contributed by atoms with Gasteiger partial charge in [-0.25, -0.2) is 0 Å². The van der Waals surface area contributed by atoms with E-state index in [9.17, 15) is 4.79 Å². The summed E-state index contributed by atoms with van der Waals surface area (Å²) in [6.07, 6.45) is 2.23. The van der Waals surface area contributed by atoms with Gasteiger partial charge in [-0.3, -0.25) is 9.69 Å². The van der Waals surface area contributed by atoms with Gasteiger partial charge in [-0.2, -0.15) is 0 Å². The Balaban J connectivity index is 1.65. The molecule has 2 saturated heterocycles. The normalized spacial score (nSPS) is 20.5. The van der Waals surface area contributed by atoms with Crippen LogP contribution in [0.25, 0.3) is 0 Å². The molecule has 0 radical (unpaired) electrons. The number of likely N-dealkylation sites (N-methyl/N-ethyl adjacent to an activating group) is 1. The maximum absolute atomic E-state index is 12.4. The maximum atomic E-state index is 12.4. The molecule has 1 amide bonds. The molecule has 0 atom stereocenters. The number of likely N-dealkylation sites (tertiary alicyclic amines) is 1. The molecule has 0 unspecified atom stereocenters. The average Bonchev–Trinajstić information content (AvgIpc) is 3.05. The summed E-state index contributed by atoms with van der Waals surface area (Å²) in [7, 11) is 2.16. The number of nitrogen functional groups attached to an aromatic ring is 1. The lowest BCUT2D eigenvalue weighted by Gasteiger charge is -2.32. The molecule has 2 aliphatic rings. The van der Waals surface area contributed by atoms with Gasteiger partial charge < -0.3 is 15.5 Å².